The smallest absolute Gasteiger partial charge is 0.435 e. The fraction of sp³-hybridized carbons (Fsp3) is 0.176. The van der Waals surface area contributed by atoms with E-state index in [9.17, 15) is 26.0 Å². The molecule has 0 saturated heterocycles. The van der Waals surface area contributed by atoms with Gasteiger partial charge in [0.15, 0.2) is 32.1 Å². The van der Waals surface area contributed by atoms with Crippen molar-refractivity contribution in [1.82, 2.24) is 14.8 Å². The van der Waals surface area contributed by atoms with Crippen LogP contribution in [-0.4, -0.2) is 36.5 Å². The summed E-state index contributed by atoms with van der Waals surface area (Å²) < 4.78 is 82.3. The summed E-state index contributed by atoms with van der Waals surface area (Å²) in [6, 6.07) is 6.86. The zero-order chi connectivity index (χ0) is 20.7. The fourth-order valence-corrected chi connectivity index (χ4v) is 3.02. The molecule has 6 nitrogen and oxygen atoms in total. The Bertz CT molecular complexity index is 1120. The molecule has 0 amide bonds. The molecule has 2 aromatic heterocycles. The van der Waals surface area contributed by atoms with Gasteiger partial charge >= 0.3 is 6.18 Å². The molecule has 0 N–H and O–H groups in total. The minimum Gasteiger partial charge on any atom is -0.494 e. The summed E-state index contributed by atoms with van der Waals surface area (Å²) in [6.45, 7) is 0. The molecule has 0 aliphatic rings. The Morgan fingerprint density at radius 2 is 1.82 bits per heavy atom. The van der Waals surface area contributed by atoms with Gasteiger partial charge in [-0.05, 0) is 36.4 Å². The average molecular weight is 415 g/mol. The Kier molecular flexibility index (Phi) is 4.88. The molecule has 0 spiro atoms. The maximum atomic E-state index is 14.0. The third-order valence-corrected chi connectivity index (χ3v) is 4.79. The van der Waals surface area contributed by atoms with E-state index in [1.165, 1.54) is 25.3 Å². The maximum absolute atomic E-state index is 14.0. The number of methoxy groups -OCH3 is 1. The van der Waals surface area contributed by atoms with Gasteiger partial charge in [-0.15, -0.1) is 0 Å². The number of hydrogen-bond acceptors (Lipinski definition) is 5. The second kappa shape index (κ2) is 6.89. The summed E-state index contributed by atoms with van der Waals surface area (Å²) in [4.78, 5) is 3.75. The van der Waals surface area contributed by atoms with Crippen LogP contribution in [0.25, 0.3) is 16.9 Å². The number of halogens is 4. The second-order valence-electron chi connectivity index (χ2n) is 5.80. The standard InChI is InChI=1S/C17H13F4N3O3S/c1-27-14-5-3-10(7-12(14)18)13-8-15(17(19,20)21)23-24(13)11-4-6-16(22-9-11)28(2,25)26/h3-9H,1-2H3. The minimum absolute atomic E-state index is 0.0530. The van der Waals surface area contributed by atoms with Crippen molar-refractivity contribution in [1.29, 1.82) is 0 Å². The van der Waals surface area contributed by atoms with E-state index in [4.69, 9.17) is 4.74 Å². The van der Waals surface area contributed by atoms with Crippen LogP contribution >= 0.6 is 0 Å². The monoisotopic (exact) mass is 415 g/mol. The van der Waals surface area contributed by atoms with Crippen LogP contribution in [0.3, 0.4) is 0 Å². The van der Waals surface area contributed by atoms with Gasteiger partial charge in [-0.3, -0.25) is 0 Å². The quantitative estimate of drug-likeness (QED) is 0.610. The molecule has 3 rings (SSSR count). The van der Waals surface area contributed by atoms with Crippen molar-refractivity contribution in [2.24, 2.45) is 0 Å². The lowest BCUT2D eigenvalue weighted by atomic mass is 10.1. The van der Waals surface area contributed by atoms with Gasteiger partial charge < -0.3 is 4.74 Å². The van der Waals surface area contributed by atoms with E-state index >= 15 is 0 Å². The molecule has 28 heavy (non-hydrogen) atoms. The lowest BCUT2D eigenvalue weighted by Gasteiger charge is -2.09. The first-order valence-corrected chi connectivity index (χ1v) is 9.57. The van der Waals surface area contributed by atoms with Crippen LogP contribution < -0.4 is 4.74 Å². The van der Waals surface area contributed by atoms with Gasteiger partial charge in [0.05, 0.1) is 24.7 Å². The highest BCUT2D eigenvalue weighted by atomic mass is 32.2. The molecule has 0 aliphatic carbocycles. The van der Waals surface area contributed by atoms with Gasteiger partial charge in [-0.1, -0.05) is 0 Å². The van der Waals surface area contributed by atoms with E-state index in [1.54, 1.807) is 0 Å². The number of ether oxygens (including phenoxy) is 1. The van der Waals surface area contributed by atoms with Crippen molar-refractivity contribution in [3.63, 3.8) is 0 Å². The lowest BCUT2D eigenvalue weighted by molar-refractivity contribution is -0.141. The van der Waals surface area contributed by atoms with Crippen molar-refractivity contribution in [2.75, 3.05) is 13.4 Å². The van der Waals surface area contributed by atoms with E-state index in [0.29, 0.717) is 0 Å². The third kappa shape index (κ3) is 3.84. The molecule has 2 heterocycles. The highest BCUT2D eigenvalue weighted by Crippen LogP contribution is 2.34. The first-order chi connectivity index (χ1) is 13.0. The van der Waals surface area contributed by atoms with Crippen LogP contribution in [0.4, 0.5) is 17.6 Å². The van der Waals surface area contributed by atoms with Crippen molar-refractivity contribution < 1.29 is 30.7 Å². The topological polar surface area (TPSA) is 74.1 Å². The molecular weight excluding hydrogens is 402 g/mol. The largest absolute Gasteiger partial charge is 0.494 e. The fourth-order valence-electron chi connectivity index (χ4n) is 2.46. The number of sulfone groups is 1. The van der Waals surface area contributed by atoms with Crippen LogP contribution in [0.1, 0.15) is 5.69 Å². The summed E-state index contributed by atoms with van der Waals surface area (Å²) in [5.74, 6) is -0.822. The van der Waals surface area contributed by atoms with Gasteiger partial charge in [0, 0.05) is 11.8 Å². The van der Waals surface area contributed by atoms with Crippen LogP contribution in [0, 0.1) is 5.82 Å². The third-order valence-electron chi connectivity index (χ3n) is 3.79. The molecule has 0 unspecified atom stereocenters. The molecule has 0 aliphatic heterocycles. The van der Waals surface area contributed by atoms with Crippen LogP contribution in [0.15, 0.2) is 47.6 Å². The molecule has 3 aromatic rings. The molecule has 148 valence electrons. The highest BCUT2D eigenvalue weighted by Gasteiger charge is 2.35. The first kappa shape index (κ1) is 19.8. The van der Waals surface area contributed by atoms with Crippen LogP contribution in [0.2, 0.25) is 0 Å². The number of benzene rings is 1. The van der Waals surface area contributed by atoms with Crippen molar-refractivity contribution in [3.05, 3.63) is 54.1 Å². The van der Waals surface area contributed by atoms with Crippen molar-refractivity contribution in [2.45, 2.75) is 11.2 Å². The second-order valence-corrected chi connectivity index (χ2v) is 7.76. The van der Waals surface area contributed by atoms with E-state index < -0.39 is 27.5 Å². The average Bonchev–Trinajstić information content (AvgIpc) is 3.07. The summed E-state index contributed by atoms with van der Waals surface area (Å²) in [7, 11) is -2.32. The highest BCUT2D eigenvalue weighted by molar-refractivity contribution is 7.90. The number of alkyl halides is 3. The summed E-state index contributed by atoms with van der Waals surface area (Å²) >= 11 is 0. The summed E-state index contributed by atoms with van der Waals surface area (Å²) in [6.07, 6.45) is -2.70. The predicted octanol–water partition coefficient (Wildman–Crippen LogP) is 3.50. The zero-order valence-corrected chi connectivity index (χ0v) is 15.3. The molecular formula is C17H13F4N3O3S. The maximum Gasteiger partial charge on any atom is 0.435 e. The molecule has 11 heteroatoms. The molecule has 1 aromatic carbocycles. The SMILES string of the molecule is COc1ccc(-c2cc(C(F)(F)F)nn2-c2ccc(S(C)(=O)=O)nc2)cc1F. The van der Waals surface area contributed by atoms with E-state index in [-0.39, 0.29) is 27.7 Å². The van der Waals surface area contributed by atoms with Gasteiger partial charge in [-0.25, -0.2) is 22.5 Å². The first-order valence-electron chi connectivity index (χ1n) is 7.68. The molecule has 0 fully saturated rings. The van der Waals surface area contributed by atoms with E-state index in [1.807, 2.05) is 0 Å². The molecule has 0 saturated carbocycles. The summed E-state index contributed by atoms with van der Waals surface area (Å²) in [5, 5.41) is 3.30. The molecule has 0 bridgehead atoms. The number of nitrogens with zero attached hydrogens (tertiary/aromatic N) is 3. The Hall–Kier alpha value is -2.95. The van der Waals surface area contributed by atoms with Gasteiger partial charge in [0.1, 0.15) is 0 Å². The van der Waals surface area contributed by atoms with Crippen LogP contribution in [-0.2, 0) is 16.0 Å². The van der Waals surface area contributed by atoms with E-state index in [2.05, 4.69) is 10.1 Å². The Morgan fingerprint density at radius 3 is 2.32 bits per heavy atom. The summed E-state index contributed by atoms with van der Waals surface area (Å²) in [5.41, 5.74) is -1.05. The zero-order valence-electron chi connectivity index (χ0n) is 14.5. The van der Waals surface area contributed by atoms with Crippen LogP contribution in [0.5, 0.6) is 5.75 Å². The number of aromatic nitrogens is 3. The number of hydrogen-bond donors (Lipinski definition) is 0. The number of pyridine rings is 1. The number of rotatable bonds is 4. The normalized spacial score (nSPS) is 12.2. The van der Waals surface area contributed by atoms with Crippen molar-refractivity contribution in [3.8, 4) is 22.7 Å². The van der Waals surface area contributed by atoms with Gasteiger partial charge in [-0.2, -0.15) is 18.3 Å². The lowest BCUT2D eigenvalue weighted by Crippen LogP contribution is -2.08. The Morgan fingerprint density at radius 1 is 1.11 bits per heavy atom. The molecule has 0 radical (unpaired) electrons. The van der Waals surface area contributed by atoms with Gasteiger partial charge in [0.2, 0.25) is 0 Å². The van der Waals surface area contributed by atoms with Crippen molar-refractivity contribution >= 4 is 9.84 Å². The minimum atomic E-state index is -4.73. The van der Waals surface area contributed by atoms with Gasteiger partial charge in [0.25, 0.3) is 0 Å². The van der Waals surface area contributed by atoms with E-state index in [0.717, 1.165) is 35.3 Å². The Balaban J connectivity index is 2.18. The Labute approximate surface area is 157 Å². The predicted molar refractivity (Wildman–Crippen MR) is 91.4 cm³/mol. The molecule has 0 atom stereocenters.